The van der Waals surface area contributed by atoms with E-state index in [-0.39, 0.29) is 56.0 Å². The molecule has 2 fully saturated rings. The minimum absolute atomic E-state index is 0.0702. The predicted octanol–water partition coefficient (Wildman–Crippen LogP) is 2.89. The van der Waals surface area contributed by atoms with Crippen molar-refractivity contribution < 1.29 is 35.5 Å². The maximum atomic E-state index is 15.4. The molecule has 2 aromatic carbocycles. The second-order valence-electron chi connectivity index (χ2n) is 10.1. The highest BCUT2D eigenvalue weighted by molar-refractivity contribution is 7.91. The van der Waals surface area contributed by atoms with Crippen molar-refractivity contribution in [1.82, 2.24) is 10.2 Å². The first-order valence-electron chi connectivity index (χ1n) is 12.4. The summed E-state index contributed by atoms with van der Waals surface area (Å²) in [6, 6.07) is 7.04. The van der Waals surface area contributed by atoms with Crippen LogP contribution in [0.25, 0.3) is 11.5 Å². The van der Waals surface area contributed by atoms with Gasteiger partial charge in [-0.2, -0.15) is 0 Å². The number of benzene rings is 2. The molecule has 3 atom stereocenters. The summed E-state index contributed by atoms with van der Waals surface area (Å²) in [7, 11) is -4.15. The van der Waals surface area contributed by atoms with Crippen molar-refractivity contribution in [3.63, 3.8) is 0 Å². The third kappa shape index (κ3) is 4.62. The van der Waals surface area contributed by atoms with Crippen LogP contribution in [-0.4, -0.2) is 68.5 Å². The number of amides is 1. The number of sulfone groups is 1. The van der Waals surface area contributed by atoms with Gasteiger partial charge in [-0.05, 0) is 29.8 Å². The molecule has 212 valence electrons. The normalized spacial score (nSPS) is 25.4. The van der Waals surface area contributed by atoms with Crippen LogP contribution in [0.5, 0.6) is 0 Å². The van der Waals surface area contributed by atoms with Gasteiger partial charge in [0.2, 0.25) is 5.91 Å². The Morgan fingerprint density at radius 1 is 1.10 bits per heavy atom. The maximum Gasteiger partial charge on any atom is 0.318 e. The van der Waals surface area contributed by atoms with Crippen molar-refractivity contribution in [2.75, 3.05) is 41.9 Å². The van der Waals surface area contributed by atoms with Crippen molar-refractivity contribution in [3.05, 3.63) is 52.8 Å². The highest BCUT2D eigenvalue weighted by atomic mass is 35.5. The minimum atomic E-state index is -4.15. The molecule has 10 nitrogen and oxygen atoms in total. The number of piperidine rings is 1. The largest absolute Gasteiger partial charge is 0.403 e. The third-order valence-electron chi connectivity index (χ3n) is 7.43. The molecule has 40 heavy (non-hydrogen) atoms. The van der Waals surface area contributed by atoms with Crippen LogP contribution in [0.4, 0.5) is 24.9 Å². The van der Waals surface area contributed by atoms with Gasteiger partial charge in [0.15, 0.2) is 9.84 Å². The Morgan fingerprint density at radius 3 is 2.45 bits per heavy atom. The molecule has 0 saturated carbocycles. The molecule has 2 saturated heterocycles. The Balaban J connectivity index is 1.39. The van der Waals surface area contributed by atoms with E-state index in [1.807, 2.05) is 0 Å². The highest BCUT2D eigenvalue weighted by Crippen LogP contribution is 2.43. The van der Waals surface area contributed by atoms with E-state index in [9.17, 15) is 22.0 Å². The van der Waals surface area contributed by atoms with Crippen LogP contribution in [0.2, 0.25) is 5.02 Å². The summed E-state index contributed by atoms with van der Waals surface area (Å²) in [6.45, 7) is -0.503. The van der Waals surface area contributed by atoms with Crippen molar-refractivity contribution in [2.24, 2.45) is 17.6 Å². The lowest BCUT2D eigenvalue weighted by atomic mass is 9.84. The molecule has 2 bridgehead atoms. The number of anilines is 2. The number of hydrogen-bond acceptors (Lipinski definition) is 9. The van der Waals surface area contributed by atoms with E-state index in [0.717, 1.165) is 12.1 Å². The Labute approximate surface area is 231 Å². The minimum Gasteiger partial charge on any atom is -0.403 e. The molecular weight excluding hydrogens is 575 g/mol. The number of alkyl halides is 2. The molecule has 15 heteroatoms. The SMILES string of the molecule is N[C@H]1CS(=O)(=O)c2cc(F)c(-c3nnc(N4CC5COCC(C4)C5(F)F)o3)cc2N(Cc2ccc(Cl)cc2)C1=O. The fourth-order valence-electron chi connectivity index (χ4n) is 5.29. The lowest BCUT2D eigenvalue weighted by molar-refractivity contribution is -0.190. The number of fused-ring (bicyclic) bond motifs is 3. The van der Waals surface area contributed by atoms with Crippen LogP contribution >= 0.6 is 11.6 Å². The topological polar surface area (TPSA) is 132 Å². The van der Waals surface area contributed by atoms with Gasteiger partial charge in [-0.3, -0.25) is 4.79 Å². The number of carbonyl (C=O) groups is 1. The lowest BCUT2D eigenvalue weighted by Gasteiger charge is -2.45. The van der Waals surface area contributed by atoms with Gasteiger partial charge in [-0.15, -0.1) is 5.10 Å². The average Bonchev–Trinajstić information content (AvgIpc) is 3.35. The molecule has 3 aliphatic rings. The average molecular weight is 598 g/mol. The molecule has 3 aromatic rings. The molecule has 3 aliphatic heterocycles. The number of carbonyl (C=O) groups excluding carboxylic acids is 1. The summed E-state index contributed by atoms with van der Waals surface area (Å²) < 4.78 is 81.6. The number of nitrogens with two attached hydrogens (primary N) is 1. The molecule has 0 aliphatic carbocycles. The molecule has 4 heterocycles. The third-order valence-corrected chi connectivity index (χ3v) is 9.48. The second-order valence-corrected chi connectivity index (χ2v) is 12.6. The zero-order chi connectivity index (χ0) is 28.4. The van der Waals surface area contributed by atoms with Gasteiger partial charge in [0, 0.05) is 18.1 Å². The Kier molecular flexibility index (Phi) is 6.56. The van der Waals surface area contributed by atoms with Gasteiger partial charge in [0.05, 0.1) is 59.5 Å². The fourth-order valence-corrected chi connectivity index (χ4v) is 6.98. The summed E-state index contributed by atoms with van der Waals surface area (Å²) in [5.74, 6) is -7.70. The van der Waals surface area contributed by atoms with Crippen molar-refractivity contribution >= 4 is 39.0 Å². The molecule has 2 N–H and O–H groups in total. The summed E-state index contributed by atoms with van der Waals surface area (Å²) in [5, 5.41) is 8.31. The Morgan fingerprint density at radius 2 is 1.77 bits per heavy atom. The van der Waals surface area contributed by atoms with Gasteiger partial charge < -0.3 is 24.7 Å². The molecular formula is C25H23ClF3N5O5S. The van der Waals surface area contributed by atoms with E-state index < -0.39 is 56.0 Å². The monoisotopic (exact) mass is 597 g/mol. The van der Waals surface area contributed by atoms with Gasteiger partial charge >= 0.3 is 6.01 Å². The van der Waals surface area contributed by atoms with E-state index in [4.69, 9.17) is 26.5 Å². The van der Waals surface area contributed by atoms with Crippen LogP contribution in [0.15, 0.2) is 45.7 Å². The van der Waals surface area contributed by atoms with Gasteiger partial charge in [-0.25, -0.2) is 21.6 Å². The molecule has 0 spiro atoms. The maximum absolute atomic E-state index is 15.4. The molecule has 1 aromatic heterocycles. The van der Waals surface area contributed by atoms with Crippen LogP contribution in [0, 0.1) is 17.7 Å². The van der Waals surface area contributed by atoms with E-state index in [1.54, 1.807) is 24.3 Å². The fraction of sp³-hybridized carbons (Fsp3) is 0.400. The van der Waals surface area contributed by atoms with Gasteiger partial charge in [0.25, 0.3) is 11.8 Å². The van der Waals surface area contributed by atoms with E-state index >= 15 is 4.39 Å². The number of aromatic nitrogens is 2. The number of hydrogen-bond donors (Lipinski definition) is 1. The van der Waals surface area contributed by atoms with Crippen molar-refractivity contribution in [2.45, 2.75) is 23.4 Å². The second kappa shape index (κ2) is 9.72. The van der Waals surface area contributed by atoms with Crippen LogP contribution in [0.1, 0.15) is 5.56 Å². The Hall–Kier alpha value is -3.20. The summed E-state index contributed by atoms with van der Waals surface area (Å²) >= 11 is 5.96. The first-order valence-corrected chi connectivity index (χ1v) is 14.4. The van der Waals surface area contributed by atoms with Crippen LogP contribution < -0.4 is 15.5 Å². The number of ether oxygens (including phenoxy) is 1. The van der Waals surface area contributed by atoms with Crippen LogP contribution in [-0.2, 0) is 25.9 Å². The number of nitrogens with zero attached hydrogens (tertiary/aromatic N) is 4. The van der Waals surface area contributed by atoms with E-state index in [2.05, 4.69) is 10.2 Å². The first kappa shape index (κ1) is 27.0. The van der Waals surface area contributed by atoms with Crippen molar-refractivity contribution in [3.8, 4) is 11.5 Å². The zero-order valence-corrected chi connectivity index (χ0v) is 22.3. The highest BCUT2D eigenvalue weighted by Gasteiger charge is 2.55. The van der Waals surface area contributed by atoms with Crippen LogP contribution in [0.3, 0.4) is 0 Å². The quantitative estimate of drug-likeness (QED) is 0.482. The molecule has 1 amide bonds. The first-order chi connectivity index (χ1) is 18.9. The predicted molar refractivity (Wildman–Crippen MR) is 137 cm³/mol. The molecule has 6 rings (SSSR count). The lowest BCUT2D eigenvalue weighted by Crippen LogP contribution is -2.59. The smallest absolute Gasteiger partial charge is 0.318 e. The zero-order valence-electron chi connectivity index (χ0n) is 20.8. The van der Waals surface area contributed by atoms with Gasteiger partial charge in [-0.1, -0.05) is 28.8 Å². The molecule has 2 unspecified atom stereocenters. The molecule has 0 radical (unpaired) electrons. The van der Waals surface area contributed by atoms with Gasteiger partial charge in [0.1, 0.15) is 5.82 Å². The summed E-state index contributed by atoms with van der Waals surface area (Å²) in [5.41, 5.74) is 6.20. The standard InChI is InChI=1S/C25H23ClF3N5O5S/c26-16-3-1-13(2-4-16)7-34-20-5-17(18(27)6-21(20)40(36,37)12-19(30)23(34)35)22-31-32-24(39-22)33-8-14-10-38-11-15(9-33)25(14,28)29/h1-6,14-15,19H,7-12,30H2/t14?,15?,19-/m0/s1. The van der Waals surface area contributed by atoms with E-state index in [1.165, 1.54) is 9.80 Å². The van der Waals surface area contributed by atoms with Crippen molar-refractivity contribution in [1.29, 1.82) is 0 Å². The number of halogens is 4. The number of rotatable bonds is 4. The van der Waals surface area contributed by atoms with E-state index in [0.29, 0.717) is 10.6 Å². The summed E-state index contributed by atoms with van der Waals surface area (Å²) in [6.07, 6.45) is 0. The Bertz CT molecular complexity index is 1570. The summed E-state index contributed by atoms with van der Waals surface area (Å²) in [4.78, 5) is 15.5.